The summed E-state index contributed by atoms with van der Waals surface area (Å²) in [5, 5.41) is 3.67. The second-order valence-electron chi connectivity index (χ2n) is 5.09. The number of hydrogen-bond donors (Lipinski definition) is 2. The van der Waals surface area contributed by atoms with Crippen LogP contribution in [0.3, 0.4) is 0 Å². The number of carbonyl (C=O) groups is 1. The van der Waals surface area contributed by atoms with Gasteiger partial charge in [0.1, 0.15) is 5.82 Å². The Kier molecular flexibility index (Phi) is 5.34. The molecule has 110 valence electrons. The molecular weight excluding hydrogens is 281 g/mol. The predicted octanol–water partition coefficient (Wildman–Crippen LogP) is 1.52. The first-order chi connectivity index (χ1) is 9.56. The fourth-order valence-corrected chi connectivity index (χ4v) is 2.78. The van der Waals surface area contributed by atoms with Crippen LogP contribution in [0.5, 0.6) is 0 Å². The van der Waals surface area contributed by atoms with Crippen molar-refractivity contribution in [3.8, 4) is 0 Å². The summed E-state index contributed by atoms with van der Waals surface area (Å²) in [6.45, 7) is 2.55. The normalized spacial score (nSPS) is 16.6. The van der Waals surface area contributed by atoms with Gasteiger partial charge in [0, 0.05) is 17.6 Å². The second kappa shape index (κ2) is 7.02. The van der Waals surface area contributed by atoms with E-state index >= 15 is 0 Å². The molecule has 1 heterocycles. The Hall–Kier alpha value is -1.17. The van der Waals surface area contributed by atoms with Gasteiger partial charge >= 0.3 is 0 Å². The van der Waals surface area contributed by atoms with E-state index in [9.17, 15) is 9.18 Å². The number of nitrogens with zero attached hydrogens (tertiary/aromatic N) is 1. The average Bonchev–Trinajstić information content (AvgIpc) is 2.41. The lowest BCUT2D eigenvalue weighted by atomic mass is 10.0. The highest BCUT2D eigenvalue weighted by molar-refractivity contribution is 6.31. The van der Waals surface area contributed by atoms with Crippen molar-refractivity contribution >= 4 is 17.5 Å². The minimum atomic E-state index is -0.359. The molecular formula is C14H19ClFN3O. The van der Waals surface area contributed by atoms with Crippen LogP contribution in [0.4, 0.5) is 4.39 Å². The van der Waals surface area contributed by atoms with E-state index in [1.165, 1.54) is 12.1 Å². The summed E-state index contributed by atoms with van der Waals surface area (Å²) in [5.41, 5.74) is 6.14. The molecule has 0 aliphatic carbocycles. The molecule has 1 aliphatic heterocycles. The maximum Gasteiger partial charge on any atom is 0.231 e. The molecule has 3 N–H and O–H groups in total. The Morgan fingerprint density at radius 2 is 2.15 bits per heavy atom. The number of primary amides is 1. The zero-order valence-corrected chi connectivity index (χ0v) is 12.0. The van der Waals surface area contributed by atoms with Gasteiger partial charge in [0.15, 0.2) is 0 Å². The minimum Gasteiger partial charge on any atom is -0.369 e. The largest absolute Gasteiger partial charge is 0.369 e. The minimum absolute atomic E-state index is 0.193. The number of carbonyl (C=O) groups excluding carboxylic acids is 1. The number of nitrogens with one attached hydrogen (secondary N) is 1. The quantitative estimate of drug-likeness (QED) is 0.867. The molecule has 1 saturated heterocycles. The van der Waals surface area contributed by atoms with Crippen LogP contribution >= 0.6 is 11.6 Å². The van der Waals surface area contributed by atoms with Crippen molar-refractivity contribution < 1.29 is 9.18 Å². The van der Waals surface area contributed by atoms with Crippen molar-refractivity contribution in [3.63, 3.8) is 0 Å². The van der Waals surface area contributed by atoms with E-state index in [0.29, 0.717) is 17.6 Å². The molecule has 0 unspecified atom stereocenters. The summed E-state index contributed by atoms with van der Waals surface area (Å²) in [7, 11) is 0. The van der Waals surface area contributed by atoms with E-state index < -0.39 is 0 Å². The van der Waals surface area contributed by atoms with Crippen LogP contribution in [0.1, 0.15) is 18.4 Å². The van der Waals surface area contributed by atoms with E-state index in [2.05, 4.69) is 5.32 Å². The molecule has 0 saturated carbocycles. The number of halogens is 2. The molecule has 1 aliphatic rings. The van der Waals surface area contributed by atoms with Gasteiger partial charge in [0.25, 0.3) is 0 Å². The highest BCUT2D eigenvalue weighted by Crippen LogP contribution is 2.22. The van der Waals surface area contributed by atoms with Crippen LogP contribution in [0.2, 0.25) is 5.02 Å². The Balaban J connectivity index is 2.11. The van der Waals surface area contributed by atoms with Crippen LogP contribution in [0.25, 0.3) is 0 Å². The van der Waals surface area contributed by atoms with Crippen LogP contribution in [-0.2, 0) is 11.3 Å². The summed E-state index contributed by atoms with van der Waals surface area (Å²) < 4.78 is 13.1. The molecule has 0 radical (unpaired) electrons. The van der Waals surface area contributed by atoms with Crippen molar-refractivity contribution in [2.24, 2.45) is 5.73 Å². The first kappa shape index (κ1) is 15.2. The van der Waals surface area contributed by atoms with E-state index in [4.69, 9.17) is 17.3 Å². The molecule has 20 heavy (non-hydrogen) atoms. The molecule has 0 atom stereocenters. The summed E-state index contributed by atoms with van der Waals surface area (Å²) in [6, 6.07) is 4.63. The Morgan fingerprint density at radius 1 is 1.45 bits per heavy atom. The van der Waals surface area contributed by atoms with Gasteiger partial charge in [-0.2, -0.15) is 0 Å². The van der Waals surface area contributed by atoms with Crippen LogP contribution in [0.15, 0.2) is 18.2 Å². The third-order valence-corrected chi connectivity index (χ3v) is 3.92. The van der Waals surface area contributed by atoms with Crippen LogP contribution < -0.4 is 11.1 Å². The Bertz CT molecular complexity index is 477. The van der Waals surface area contributed by atoms with Crippen molar-refractivity contribution in [2.75, 3.05) is 19.6 Å². The molecule has 2 rings (SSSR count). The van der Waals surface area contributed by atoms with Crippen molar-refractivity contribution in [1.29, 1.82) is 0 Å². The number of benzene rings is 1. The third-order valence-electron chi connectivity index (χ3n) is 3.57. The Labute approximate surface area is 123 Å². The SMILES string of the molecule is NC(=O)CN(Cc1ccc(F)cc1Cl)C1CCNCC1. The van der Waals surface area contributed by atoms with Gasteiger partial charge in [-0.3, -0.25) is 9.69 Å². The predicted molar refractivity (Wildman–Crippen MR) is 76.9 cm³/mol. The monoisotopic (exact) mass is 299 g/mol. The van der Waals surface area contributed by atoms with Gasteiger partial charge in [-0.15, -0.1) is 0 Å². The standard InChI is InChI=1S/C14H19ClFN3O/c15-13-7-11(16)2-1-10(13)8-19(9-14(17)20)12-3-5-18-6-4-12/h1-2,7,12,18H,3-6,8-9H2,(H2,17,20). The fraction of sp³-hybridized carbons (Fsp3) is 0.500. The lowest BCUT2D eigenvalue weighted by Crippen LogP contribution is -2.46. The first-order valence-corrected chi connectivity index (χ1v) is 7.11. The van der Waals surface area contributed by atoms with E-state index in [-0.39, 0.29) is 18.3 Å². The second-order valence-corrected chi connectivity index (χ2v) is 5.50. The molecule has 1 aromatic rings. The first-order valence-electron chi connectivity index (χ1n) is 6.73. The average molecular weight is 300 g/mol. The molecule has 6 heteroatoms. The maximum absolute atomic E-state index is 13.1. The van der Waals surface area contributed by atoms with E-state index in [0.717, 1.165) is 31.5 Å². The zero-order valence-electron chi connectivity index (χ0n) is 11.2. The van der Waals surface area contributed by atoms with Gasteiger partial charge in [0.05, 0.1) is 6.54 Å². The van der Waals surface area contributed by atoms with Crippen molar-refractivity contribution in [3.05, 3.63) is 34.6 Å². The third kappa shape index (κ3) is 4.16. The molecule has 0 bridgehead atoms. The summed E-state index contributed by atoms with van der Waals surface area (Å²) in [6.07, 6.45) is 1.93. The molecule has 4 nitrogen and oxygen atoms in total. The van der Waals surface area contributed by atoms with Gasteiger partial charge in [-0.1, -0.05) is 17.7 Å². The van der Waals surface area contributed by atoms with E-state index in [1.54, 1.807) is 6.07 Å². The molecule has 0 spiro atoms. The highest BCUT2D eigenvalue weighted by atomic mass is 35.5. The number of hydrogen-bond acceptors (Lipinski definition) is 3. The Morgan fingerprint density at radius 3 is 2.75 bits per heavy atom. The number of rotatable bonds is 5. The van der Waals surface area contributed by atoms with Gasteiger partial charge in [-0.25, -0.2) is 4.39 Å². The molecule has 0 aromatic heterocycles. The van der Waals surface area contributed by atoms with E-state index in [1.807, 2.05) is 4.90 Å². The highest BCUT2D eigenvalue weighted by Gasteiger charge is 2.23. The lowest BCUT2D eigenvalue weighted by Gasteiger charge is -2.34. The number of nitrogens with two attached hydrogens (primary N) is 1. The topological polar surface area (TPSA) is 58.4 Å². The number of piperidine rings is 1. The zero-order chi connectivity index (χ0) is 14.5. The van der Waals surface area contributed by atoms with Gasteiger partial charge in [-0.05, 0) is 43.6 Å². The smallest absolute Gasteiger partial charge is 0.231 e. The molecule has 1 fully saturated rings. The van der Waals surface area contributed by atoms with Crippen LogP contribution in [0, 0.1) is 5.82 Å². The fourth-order valence-electron chi connectivity index (χ4n) is 2.55. The van der Waals surface area contributed by atoms with Crippen LogP contribution in [-0.4, -0.2) is 36.5 Å². The van der Waals surface area contributed by atoms with Gasteiger partial charge < -0.3 is 11.1 Å². The molecule has 1 amide bonds. The van der Waals surface area contributed by atoms with Crippen molar-refractivity contribution in [2.45, 2.75) is 25.4 Å². The molecule has 1 aromatic carbocycles. The lowest BCUT2D eigenvalue weighted by molar-refractivity contribution is -0.120. The number of amides is 1. The van der Waals surface area contributed by atoms with Gasteiger partial charge in [0.2, 0.25) is 5.91 Å². The summed E-state index contributed by atoms with van der Waals surface area (Å²) >= 11 is 6.05. The summed E-state index contributed by atoms with van der Waals surface area (Å²) in [4.78, 5) is 13.3. The van der Waals surface area contributed by atoms with Crippen molar-refractivity contribution in [1.82, 2.24) is 10.2 Å². The maximum atomic E-state index is 13.1. The summed E-state index contributed by atoms with van der Waals surface area (Å²) in [5.74, 6) is -0.719.